The molecule has 0 aromatic heterocycles. The minimum atomic E-state index is -0.830. The summed E-state index contributed by atoms with van der Waals surface area (Å²) in [4.78, 5) is 10.8. The van der Waals surface area contributed by atoms with E-state index in [-0.39, 0.29) is 12.8 Å². The molecule has 0 spiro atoms. The van der Waals surface area contributed by atoms with Gasteiger partial charge >= 0.3 is 5.97 Å². The molecule has 1 aromatic rings. The van der Waals surface area contributed by atoms with Crippen molar-refractivity contribution in [2.75, 3.05) is 6.79 Å². The maximum Gasteiger partial charge on any atom is 0.306 e. The molecule has 2 unspecified atom stereocenters. The lowest BCUT2D eigenvalue weighted by Gasteiger charge is -2.17. The van der Waals surface area contributed by atoms with Gasteiger partial charge in [0.2, 0.25) is 6.79 Å². The molecular formula is C13H17NO4. The van der Waals surface area contributed by atoms with Crippen molar-refractivity contribution in [2.24, 2.45) is 11.7 Å². The average Bonchev–Trinajstić information content (AvgIpc) is 2.74. The lowest BCUT2D eigenvalue weighted by atomic mass is 9.93. The van der Waals surface area contributed by atoms with E-state index in [2.05, 4.69) is 0 Å². The Labute approximate surface area is 106 Å². The maximum absolute atomic E-state index is 10.8. The van der Waals surface area contributed by atoms with E-state index in [0.717, 1.165) is 16.9 Å². The van der Waals surface area contributed by atoms with Crippen LogP contribution >= 0.6 is 0 Å². The number of fused-ring (bicyclic) bond motifs is 1. The summed E-state index contributed by atoms with van der Waals surface area (Å²) in [5.74, 6) is 0.0948. The van der Waals surface area contributed by atoms with Gasteiger partial charge in [0, 0.05) is 6.04 Å². The van der Waals surface area contributed by atoms with Crippen LogP contribution in [-0.4, -0.2) is 17.9 Å². The van der Waals surface area contributed by atoms with Crippen LogP contribution in [0.15, 0.2) is 12.1 Å². The molecule has 2 atom stereocenters. The Balaban J connectivity index is 2.20. The predicted octanol–water partition coefficient (Wildman–Crippen LogP) is 1.83. The van der Waals surface area contributed by atoms with Crippen LogP contribution in [0.25, 0.3) is 0 Å². The molecule has 0 aliphatic carbocycles. The standard InChI is InChI=1S/C13H17NO4/c1-7-4-11-12(18-6-17-11)5-9(7)10(14)3-8(2)13(15)16/h4-5,8,10H,3,6,14H2,1-2H3,(H,15,16). The second-order valence-electron chi connectivity index (χ2n) is 4.64. The van der Waals surface area contributed by atoms with E-state index >= 15 is 0 Å². The van der Waals surface area contributed by atoms with Gasteiger partial charge < -0.3 is 20.3 Å². The largest absolute Gasteiger partial charge is 0.481 e. The number of hydrogen-bond donors (Lipinski definition) is 2. The summed E-state index contributed by atoms with van der Waals surface area (Å²) in [6.07, 6.45) is 0.399. The van der Waals surface area contributed by atoms with Gasteiger partial charge in [0.15, 0.2) is 11.5 Å². The third-order valence-corrected chi connectivity index (χ3v) is 3.19. The lowest BCUT2D eigenvalue weighted by molar-refractivity contribution is -0.141. The summed E-state index contributed by atoms with van der Waals surface area (Å²) in [5, 5.41) is 8.90. The summed E-state index contributed by atoms with van der Waals surface area (Å²) < 4.78 is 10.6. The molecule has 0 fully saturated rings. The van der Waals surface area contributed by atoms with Gasteiger partial charge in [0.05, 0.1) is 5.92 Å². The van der Waals surface area contributed by atoms with Gasteiger partial charge in [-0.2, -0.15) is 0 Å². The highest BCUT2D eigenvalue weighted by atomic mass is 16.7. The van der Waals surface area contributed by atoms with E-state index in [1.807, 2.05) is 19.1 Å². The molecule has 0 saturated heterocycles. The predicted molar refractivity (Wildman–Crippen MR) is 65.6 cm³/mol. The van der Waals surface area contributed by atoms with Crippen molar-refractivity contribution in [3.63, 3.8) is 0 Å². The number of hydrogen-bond acceptors (Lipinski definition) is 4. The normalized spacial score (nSPS) is 16.4. The first-order valence-corrected chi connectivity index (χ1v) is 5.87. The molecular weight excluding hydrogens is 234 g/mol. The fourth-order valence-electron chi connectivity index (χ4n) is 2.07. The first-order chi connectivity index (χ1) is 8.49. The fourth-order valence-corrected chi connectivity index (χ4v) is 2.07. The Kier molecular flexibility index (Phi) is 3.43. The Morgan fingerprint density at radius 3 is 2.67 bits per heavy atom. The van der Waals surface area contributed by atoms with Gasteiger partial charge in [-0.1, -0.05) is 6.92 Å². The molecule has 1 aliphatic heterocycles. The monoisotopic (exact) mass is 251 g/mol. The van der Waals surface area contributed by atoms with Crippen molar-refractivity contribution in [1.29, 1.82) is 0 Å². The zero-order chi connectivity index (χ0) is 13.3. The molecule has 98 valence electrons. The molecule has 5 heteroatoms. The number of nitrogens with two attached hydrogens (primary N) is 1. The first kappa shape index (κ1) is 12.7. The van der Waals surface area contributed by atoms with Gasteiger partial charge in [-0.05, 0) is 36.6 Å². The molecule has 2 rings (SSSR count). The smallest absolute Gasteiger partial charge is 0.306 e. The second kappa shape index (κ2) is 4.86. The molecule has 1 aromatic carbocycles. The van der Waals surface area contributed by atoms with Crippen LogP contribution in [0.4, 0.5) is 0 Å². The average molecular weight is 251 g/mol. The van der Waals surface area contributed by atoms with E-state index < -0.39 is 11.9 Å². The Morgan fingerprint density at radius 1 is 1.44 bits per heavy atom. The molecule has 3 N–H and O–H groups in total. The molecule has 1 aliphatic rings. The van der Waals surface area contributed by atoms with Gasteiger partial charge in [-0.15, -0.1) is 0 Å². The van der Waals surface area contributed by atoms with Crippen molar-refractivity contribution in [2.45, 2.75) is 26.3 Å². The summed E-state index contributed by atoms with van der Waals surface area (Å²) >= 11 is 0. The third kappa shape index (κ3) is 2.41. The van der Waals surface area contributed by atoms with E-state index in [9.17, 15) is 4.79 Å². The Hall–Kier alpha value is -1.75. The van der Waals surface area contributed by atoms with Crippen molar-refractivity contribution in [3.05, 3.63) is 23.3 Å². The second-order valence-corrected chi connectivity index (χ2v) is 4.64. The van der Waals surface area contributed by atoms with Gasteiger partial charge in [0.1, 0.15) is 0 Å². The molecule has 0 radical (unpaired) electrons. The van der Waals surface area contributed by atoms with Crippen LogP contribution in [0.5, 0.6) is 11.5 Å². The zero-order valence-corrected chi connectivity index (χ0v) is 10.5. The van der Waals surface area contributed by atoms with Crippen LogP contribution in [0.2, 0.25) is 0 Å². The van der Waals surface area contributed by atoms with Crippen LogP contribution in [0, 0.1) is 12.8 Å². The molecule has 18 heavy (non-hydrogen) atoms. The summed E-state index contributed by atoms with van der Waals surface area (Å²) in [5.41, 5.74) is 7.97. The van der Waals surface area contributed by atoms with Gasteiger partial charge in [-0.3, -0.25) is 4.79 Å². The van der Waals surface area contributed by atoms with Crippen molar-refractivity contribution >= 4 is 5.97 Å². The fraction of sp³-hybridized carbons (Fsp3) is 0.462. The molecule has 5 nitrogen and oxygen atoms in total. The van der Waals surface area contributed by atoms with Crippen molar-refractivity contribution < 1.29 is 19.4 Å². The molecule has 0 amide bonds. The van der Waals surface area contributed by atoms with Gasteiger partial charge in [0.25, 0.3) is 0 Å². The third-order valence-electron chi connectivity index (χ3n) is 3.19. The Bertz CT molecular complexity index is 472. The van der Waals surface area contributed by atoms with E-state index in [0.29, 0.717) is 12.2 Å². The quantitative estimate of drug-likeness (QED) is 0.853. The van der Waals surface area contributed by atoms with E-state index in [1.165, 1.54) is 0 Å². The van der Waals surface area contributed by atoms with Crippen LogP contribution in [0.1, 0.15) is 30.5 Å². The minimum absolute atomic E-state index is 0.221. The first-order valence-electron chi connectivity index (χ1n) is 5.87. The number of carbonyl (C=O) groups is 1. The van der Waals surface area contributed by atoms with E-state index in [1.54, 1.807) is 6.92 Å². The van der Waals surface area contributed by atoms with Crippen LogP contribution in [-0.2, 0) is 4.79 Å². The topological polar surface area (TPSA) is 81.8 Å². The molecule has 0 bridgehead atoms. The number of aliphatic carboxylic acids is 1. The maximum atomic E-state index is 10.8. The summed E-state index contributed by atoms with van der Waals surface area (Å²) in [6.45, 7) is 3.81. The van der Waals surface area contributed by atoms with E-state index in [4.69, 9.17) is 20.3 Å². The summed E-state index contributed by atoms with van der Waals surface area (Å²) in [7, 11) is 0. The highest BCUT2D eigenvalue weighted by Crippen LogP contribution is 2.37. The summed E-state index contributed by atoms with van der Waals surface area (Å²) in [6, 6.07) is 3.41. The van der Waals surface area contributed by atoms with Gasteiger partial charge in [-0.25, -0.2) is 0 Å². The van der Waals surface area contributed by atoms with Crippen LogP contribution < -0.4 is 15.2 Å². The SMILES string of the molecule is Cc1cc2c(cc1C(N)CC(C)C(=O)O)OCO2. The zero-order valence-electron chi connectivity index (χ0n) is 10.5. The highest BCUT2D eigenvalue weighted by molar-refractivity contribution is 5.69. The Morgan fingerprint density at radius 2 is 2.06 bits per heavy atom. The molecule has 0 saturated carbocycles. The number of carboxylic acids is 1. The van der Waals surface area contributed by atoms with Crippen molar-refractivity contribution in [1.82, 2.24) is 0 Å². The number of ether oxygens (including phenoxy) is 2. The lowest BCUT2D eigenvalue weighted by Crippen LogP contribution is -2.19. The van der Waals surface area contributed by atoms with Crippen LogP contribution in [0.3, 0.4) is 0 Å². The number of carboxylic acid groups (broad SMARTS) is 1. The number of benzene rings is 1. The highest BCUT2D eigenvalue weighted by Gasteiger charge is 2.21. The number of aryl methyl sites for hydroxylation is 1. The number of rotatable bonds is 4. The minimum Gasteiger partial charge on any atom is -0.481 e. The van der Waals surface area contributed by atoms with Crippen molar-refractivity contribution in [3.8, 4) is 11.5 Å². The molecule has 1 heterocycles.